The first-order valence-electron chi connectivity index (χ1n) is 10.1. The minimum atomic E-state index is -3.23. The lowest BCUT2D eigenvalue weighted by atomic mass is 9.89. The maximum atomic E-state index is 15.2. The van der Waals surface area contributed by atoms with Gasteiger partial charge in [0.1, 0.15) is 11.9 Å². The van der Waals surface area contributed by atoms with Gasteiger partial charge in [0.05, 0.1) is 16.6 Å². The van der Waals surface area contributed by atoms with Crippen molar-refractivity contribution in [2.75, 3.05) is 18.0 Å². The Balaban J connectivity index is 1.65. The van der Waals surface area contributed by atoms with Gasteiger partial charge in [-0.25, -0.2) is 18.0 Å². The molecule has 1 aromatic carbocycles. The molecule has 1 aliphatic heterocycles. The average molecular weight is 421 g/mol. The van der Waals surface area contributed by atoms with Crippen LogP contribution < -0.4 is 16.1 Å². The van der Waals surface area contributed by atoms with Gasteiger partial charge in [-0.05, 0) is 25.8 Å². The highest BCUT2D eigenvalue weighted by Crippen LogP contribution is 2.43. The first kappa shape index (κ1) is 19.4. The zero-order valence-corrected chi connectivity index (χ0v) is 16.4. The van der Waals surface area contributed by atoms with Gasteiger partial charge < -0.3 is 10.0 Å². The smallest absolute Gasteiger partial charge is 0.329 e. The van der Waals surface area contributed by atoms with Crippen molar-refractivity contribution >= 4 is 16.6 Å². The van der Waals surface area contributed by atoms with E-state index < -0.39 is 41.4 Å². The number of rotatable bonds is 2. The highest BCUT2D eigenvalue weighted by Gasteiger charge is 2.49. The number of aromatic amines is 1. The van der Waals surface area contributed by atoms with E-state index in [1.807, 2.05) is 0 Å². The minimum absolute atomic E-state index is 0.0398. The molecule has 1 aromatic heterocycles. The van der Waals surface area contributed by atoms with Crippen LogP contribution in [0.25, 0.3) is 10.9 Å². The minimum Gasteiger partial charge on any atom is -0.386 e. The molecule has 9 heteroatoms. The van der Waals surface area contributed by atoms with E-state index in [4.69, 9.17) is 0 Å². The number of nitrogens with zero attached hydrogens (tertiary/aromatic N) is 2. The number of allylic oxidation sites excluding steroid dienone is 1. The monoisotopic (exact) mass is 421 g/mol. The number of hydrogen-bond donors (Lipinski definition) is 2. The Morgan fingerprint density at radius 2 is 1.97 bits per heavy atom. The number of aromatic nitrogens is 2. The van der Waals surface area contributed by atoms with Crippen molar-refractivity contribution < 1.29 is 18.3 Å². The molecule has 2 fully saturated rings. The van der Waals surface area contributed by atoms with Gasteiger partial charge in [-0.3, -0.25) is 14.3 Å². The molecule has 1 saturated carbocycles. The first-order valence-corrected chi connectivity index (χ1v) is 10.1. The summed E-state index contributed by atoms with van der Waals surface area (Å²) in [4.78, 5) is 28.7. The van der Waals surface area contributed by atoms with Crippen molar-refractivity contribution in [2.45, 2.75) is 44.3 Å². The number of aliphatic hydroxyl groups is 1. The summed E-state index contributed by atoms with van der Waals surface area (Å²) in [6.07, 6.45) is 2.32. The van der Waals surface area contributed by atoms with Crippen molar-refractivity contribution in [1.82, 2.24) is 9.55 Å². The quantitative estimate of drug-likeness (QED) is 0.731. The fourth-order valence-electron chi connectivity index (χ4n) is 5.04. The van der Waals surface area contributed by atoms with Crippen LogP contribution in [-0.4, -0.2) is 39.8 Å². The molecule has 0 amide bonds. The number of hydrogen-bond acceptors (Lipinski definition) is 4. The van der Waals surface area contributed by atoms with Gasteiger partial charge in [-0.15, -0.1) is 0 Å². The van der Waals surface area contributed by atoms with Gasteiger partial charge in [0.15, 0.2) is 0 Å². The van der Waals surface area contributed by atoms with Crippen LogP contribution in [-0.2, 0) is 0 Å². The summed E-state index contributed by atoms with van der Waals surface area (Å²) in [7, 11) is 0. The van der Waals surface area contributed by atoms with Crippen LogP contribution in [0.15, 0.2) is 27.8 Å². The van der Waals surface area contributed by atoms with Crippen LogP contribution in [0.3, 0.4) is 0 Å². The molecule has 5 rings (SSSR count). The maximum absolute atomic E-state index is 15.2. The van der Waals surface area contributed by atoms with Crippen LogP contribution >= 0.6 is 0 Å². The number of nitrogens with one attached hydrogen (secondary N) is 1. The third kappa shape index (κ3) is 2.82. The number of aryl methyl sites for hydroxylation is 1. The zero-order chi connectivity index (χ0) is 21.4. The molecule has 0 spiro atoms. The number of benzene rings is 1. The van der Waals surface area contributed by atoms with Crippen molar-refractivity contribution in [3.8, 4) is 0 Å². The molecule has 0 bridgehead atoms. The molecule has 30 heavy (non-hydrogen) atoms. The second-order valence-corrected chi connectivity index (χ2v) is 8.66. The Kier molecular flexibility index (Phi) is 4.19. The summed E-state index contributed by atoms with van der Waals surface area (Å²) in [5.41, 5.74) is -0.165. The average Bonchev–Trinajstić information content (AvgIpc) is 3.43. The molecule has 2 aliphatic carbocycles. The Hall–Kier alpha value is -2.55. The molecule has 3 atom stereocenters. The van der Waals surface area contributed by atoms with Gasteiger partial charge in [0, 0.05) is 43.0 Å². The Morgan fingerprint density at radius 3 is 2.67 bits per heavy atom. The Bertz CT molecular complexity index is 1180. The summed E-state index contributed by atoms with van der Waals surface area (Å²) < 4.78 is 45.0. The molecule has 1 saturated heterocycles. The SMILES string of the molecule is Cc1c(N2CC3C=CCC(F)(F)C(O)C3C2)c(F)cc2c(=O)[nH]c(=O)n(C3CC3)c12. The molecule has 0 radical (unpaired) electrons. The molecule has 160 valence electrons. The Labute approximate surface area is 169 Å². The van der Waals surface area contributed by atoms with Gasteiger partial charge in [-0.1, -0.05) is 12.2 Å². The lowest BCUT2D eigenvalue weighted by Gasteiger charge is -2.27. The van der Waals surface area contributed by atoms with Crippen molar-refractivity contribution in [3.05, 3.63) is 50.4 Å². The number of halogens is 3. The van der Waals surface area contributed by atoms with E-state index in [1.165, 1.54) is 10.6 Å². The van der Waals surface area contributed by atoms with Gasteiger partial charge >= 0.3 is 5.69 Å². The van der Waals surface area contributed by atoms with E-state index in [-0.39, 0.29) is 36.1 Å². The molecular formula is C21H22F3N3O3. The van der Waals surface area contributed by atoms with Crippen LogP contribution in [0.4, 0.5) is 18.9 Å². The van der Waals surface area contributed by atoms with Gasteiger partial charge in [0.2, 0.25) is 0 Å². The lowest BCUT2D eigenvalue weighted by Crippen LogP contribution is -2.41. The number of alkyl halides is 2. The predicted molar refractivity (Wildman–Crippen MR) is 106 cm³/mol. The van der Waals surface area contributed by atoms with E-state index in [0.717, 1.165) is 18.9 Å². The highest BCUT2D eigenvalue weighted by atomic mass is 19.3. The zero-order valence-electron chi connectivity index (χ0n) is 16.4. The van der Waals surface area contributed by atoms with Crippen LogP contribution in [0.2, 0.25) is 0 Å². The van der Waals surface area contributed by atoms with Crippen molar-refractivity contribution in [1.29, 1.82) is 0 Å². The third-order valence-corrected chi connectivity index (χ3v) is 6.64. The van der Waals surface area contributed by atoms with E-state index in [0.29, 0.717) is 11.1 Å². The van der Waals surface area contributed by atoms with E-state index in [1.54, 1.807) is 17.9 Å². The lowest BCUT2D eigenvalue weighted by molar-refractivity contribution is -0.127. The van der Waals surface area contributed by atoms with Crippen LogP contribution in [0, 0.1) is 24.6 Å². The molecule has 6 nitrogen and oxygen atoms in total. The standard InChI is InChI=1S/C21H22F3N3O3/c1-10-16-13(19(29)25-20(30)27(16)12-4-5-12)7-15(22)17(10)26-8-11-3-2-6-21(23,24)18(28)14(11)9-26/h2-3,7,11-12,14,18,28H,4-6,8-9H2,1H3,(H,25,29,30). The molecule has 3 aliphatic rings. The van der Waals surface area contributed by atoms with Gasteiger partial charge in [0.25, 0.3) is 11.5 Å². The predicted octanol–water partition coefficient (Wildman–Crippen LogP) is 2.48. The molecular weight excluding hydrogens is 399 g/mol. The van der Waals surface area contributed by atoms with Gasteiger partial charge in [-0.2, -0.15) is 0 Å². The first-order chi connectivity index (χ1) is 14.2. The number of anilines is 1. The Morgan fingerprint density at radius 1 is 1.23 bits per heavy atom. The largest absolute Gasteiger partial charge is 0.386 e. The fourth-order valence-corrected chi connectivity index (χ4v) is 5.04. The molecule has 2 aromatic rings. The van der Waals surface area contributed by atoms with E-state index >= 15 is 4.39 Å². The summed E-state index contributed by atoms with van der Waals surface area (Å²) in [6, 6.07) is 1.08. The van der Waals surface area contributed by atoms with E-state index in [2.05, 4.69) is 4.98 Å². The topological polar surface area (TPSA) is 78.3 Å². The highest BCUT2D eigenvalue weighted by molar-refractivity contribution is 5.87. The van der Waals surface area contributed by atoms with Crippen molar-refractivity contribution in [2.24, 2.45) is 11.8 Å². The molecule has 2 N–H and O–H groups in total. The third-order valence-electron chi connectivity index (χ3n) is 6.64. The van der Waals surface area contributed by atoms with Crippen LogP contribution in [0.1, 0.15) is 30.9 Å². The van der Waals surface area contributed by atoms with E-state index in [9.17, 15) is 23.5 Å². The molecule has 2 heterocycles. The second-order valence-electron chi connectivity index (χ2n) is 8.66. The number of aliphatic hydroxyl groups excluding tert-OH is 1. The van der Waals surface area contributed by atoms with Crippen molar-refractivity contribution in [3.63, 3.8) is 0 Å². The maximum Gasteiger partial charge on any atom is 0.329 e. The second kappa shape index (κ2) is 6.47. The number of H-pyrrole nitrogens is 1. The fraction of sp³-hybridized carbons (Fsp3) is 0.524. The number of fused-ring (bicyclic) bond motifs is 2. The summed E-state index contributed by atoms with van der Waals surface area (Å²) >= 11 is 0. The summed E-state index contributed by atoms with van der Waals surface area (Å²) in [5, 5.41) is 10.4. The summed E-state index contributed by atoms with van der Waals surface area (Å²) in [5.74, 6) is -4.96. The molecule has 3 unspecified atom stereocenters. The van der Waals surface area contributed by atoms with Crippen LogP contribution in [0.5, 0.6) is 0 Å². The summed E-state index contributed by atoms with van der Waals surface area (Å²) in [6.45, 7) is 1.98. The normalized spacial score (nSPS) is 28.0.